The Morgan fingerprint density at radius 3 is 0.667 bits per heavy atom. The topological polar surface area (TPSA) is 0 Å². The molecule has 0 atom stereocenters. The number of hydrogen-bond donors (Lipinski definition) is 0. The van der Waals surface area contributed by atoms with Gasteiger partial charge in [-0.2, -0.15) is 0 Å². The number of rotatable bonds is 4. The molecule has 0 aromatic heterocycles. The summed E-state index contributed by atoms with van der Waals surface area (Å²) in [6.07, 6.45) is 13.7. The zero-order valence-electron chi connectivity index (χ0n) is 22.7. The third-order valence-electron chi connectivity index (χ3n) is 10.4. The predicted molar refractivity (Wildman–Crippen MR) is 140 cm³/mol. The molecule has 0 radical (unpaired) electrons. The number of hydrogen-bond acceptors (Lipinski definition) is 0. The van der Waals surface area contributed by atoms with Gasteiger partial charge in [-0.1, -0.05) is 90.5 Å². The highest BCUT2D eigenvalue weighted by molar-refractivity contribution is 5.18. The van der Waals surface area contributed by atoms with Gasteiger partial charge in [-0.05, 0) is 103 Å². The first-order valence-electron chi connectivity index (χ1n) is 13.5. The lowest BCUT2D eigenvalue weighted by atomic mass is 9.30. The van der Waals surface area contributed by atoms with Gasteiger partial charge in [0.1, 0.15) is 0 Å². The van der Waals surface area contributed by atoms with Crippen molar-refractivity contribution < 1.29 is 0 Å². The monoisotopic (exact) mass is 422 g/mol. The zero-order valence-corrected chi connectivity index (χ0v) is 22.7. The number of fused-ring (bicyclic) bond motifs is 3. The van der Waals surface area contributed by atoms with Gasteiger partial charge in [-0.3, -0.25) is 0 Å². The molecule has 0 saturated heterocycles. The highest BCUT2D eigenvalue weighted by Crippen LogP contribution is 2.78. The lowest BCUT2D eigenvalue weighted by molar-refractivity contribution is -0.252. The summed E-state index contributed by atoms with van der Waals surface area (Å²) in [5.74, 6) is 3.69. The van der Waals surface area contributed by atoms with Crippen molar-refractivity contribution >= 4 is 0 Å². The third-order valence-corrected chi connectivity index (χ3v) is 10.4. The van der Waals surface area contributed by atoms with E-state index in [4.69, 9.17) is 0 Å². The Kier molecular flexibility index (Phi) is 11.2. The molecule has 4 bridgehead atoms. The van der Waals surface area contributed by atoms with Crippen LogP contribution in [0, 0.1) is 45.3 Å². The molecule has 6 aliphatic rings. The van der Waals surface area contributed by atoms with Gasteiger partial charge in [0.2, 0.25) is 0 Å². The second-order valence-corrected chi connectivity index (χ2v) is 12.1. The minimum atomic E-state index is 0. The molecule has 182 valence electrons. The normalized spacial score (nSPS) is 37.6. The van der Waals surface area contributed by atoms with Gasteiger partial charge in [0.15, 0.2) is 0 Å². The van der Waals surface area contributed by atoms with E-state index in [0.29, 0.717) is 0 Å². The van der Waals surface area contributed by atoms with Crippen LogP contribution in [0.4, 0.5) is 0 Å². The first-order chi connectivity index (χ1) is 13.5. The van der Waals surface area contributed by atoms with Crippen molar-refractivity contribution in [2.45, 2.75) is 148 Å². The summed E-state index contributed by atoms with van der Waals surface area (Å²) in [4.78, 5) is 0. The van der Waals surface area contributed by atoms with Crippen molar-refractivity contribution in [3.05, 3.63) is 0 Å². The third kappa shape index (κ3) is 5.14. The average Bonchev–Trinajstić information content (AvgIpc) is 2.64. The maximum Gasteiger partial charge on any atom is -0.0258 e. The van der Waals surface area contributed by atoms with Crippen LogP contribution in [0.25, 0.3) is 0 Å². The lowest BCUT2D eigenvalue weighted by Gasteiger charge is -2.75. The van der Waals surface area contributed by atoms with Crippen LogP contribution in [0.5, 0.6) is 0 Å². The summed E-state index contributed by atoms with van der Waals surface area (Å²) in [6.45, 7) is 27.3. The van der Waals surface area contributed by atoms with E-state index < -0.39 is 0 Å². The molecule has 30 heavy (non-hydrogen) atoms. The van der Waals surface area contributed by atoms with Crippen molar-refractivity contribution in [2.75, 3.05) is 0 Å². The smallest absolute Gasteiger partial charge is 0.0258 e. The SMILES string of the molecule is C.CC.CC.CC(C)C12CC(C(C)C)(C1)C2.CC(C)C12CCC(C(C)C)(CC1)CC2. The minimum absolute atomic E-state index is 0. The van der Waals surface area contributed by atoms with Crippen LogP contribution in [-0.2, 0) is 0 Å². The van der Waals surface area contributed by atoms with Crippen LogP contribution in [0.1, 0.15) is 148 Å². The van der Waals surface area contributed by atoms with E-state index in [1.807, 2.05) is 27.7 Å². The molecular weight excluding hydrogens is 360 g/mol. The van der Waals surface area contributed by atoms with Crippen LogP contribution in [0.3, 0.4) is 0 Å². The largest absolute Gasteiger partial charge is 0.0776 e. The van der Waals surface area contributed by atoms with E-state index in [-0.39, 0.29) is 7.43 Å². The first-order valence-corrected chi connectivity index (χ1v) is 13.5. The zero-order chi connectivity index (χ0) is 22.7. The molecule has 0 amide bonds. The molecule has 0 aliphatic heterocycles. The molecule has 6 rings (SSSR count). The Hall–Kier alpha value is 0. The predicted octanol–water partition coefficient (Wildman–Crippen LogP) is 10.8. The summed E-state index contributed by atoms with van der Waals surface area (Å²) >= 11 is 0. The first kappa shape index (κ1) is 30.0. The molecule has 0 unspecified atom stereocenters. The molecule has 0 spiro atoms. The molecule has 0 heteroatoms. The van der Waals surface area contributed by atoms with Crippen molar-refractivity contribution in [2.24, 2.45) is 45.3 Å². The maximum absolute atomic E-state index is 2.44. The van der Waals surface area contributed by atoms with Crippen LogP contribution in [-0.4, -0.2) is 0 Å². The lowest BCUT2D eigenvalue weighted by Crippen LogP contribution is -2.66. The fourth-order valence-corrected chi connectivity index (χ4v) is 7.15. The van der Waals surface area contributed by atoms with Crippen LogP contribution >= 0.6 is 0 Å². The molecule has 0 aromatic carbocycles. The summed E-state index contributed by atoms with van der Waals surface area (Å²) in [6, 6.07) is 0. The van der Waals surface area contributed by atoms with Gasteiger partial charge in [0.25, 0.3) is 0 Å². The van der Waals surface area contributed by atoms with Gasteiger partial charge in [-0.15, -0.1) is 0 Å². The minimum Gasteiger partial charge on any atom is -0.0776 e. The Bertz CT molecular complexity index is 392. The highest BCUT2D eigenvalue weighted by atomic mass is 14.7. The quantitative estimate of drug-likeness (QED) is 0.422. The van der Waals surface area contributed by atoms with E-state index in [0.717, 1.165) is 45.3 Å². The van der Waals surface area contributed by atoms with Gasteiger partial charge in [0, 0.05) is 0 Å². The summed E-state index contributed by atoms with van der Waals surface area (Å²) in [5.41, 5.74) is 3.11. The molecule has 0 heterocycles. The standard InChI is InChI=1S/C14H26.C11H20.2C2H6.CH4/c1-11(2)13-5-8-14(9-6-13,10-7-13)12(3)4;1-8(2)10-5-11(6-10,7-10)9(3)4;2*1-2;/h11-12H,5-10H2,1-4H3;8-9H,5-7H2,1-4H3;2*1-2H3;1H4. The molecule has 0 N–H and O–H groups in total. The van der Waals surface area contributed by atoms with Crippen LogP contribution < -0.4 is 0 Å². The molecule has 6 fully saturated rings. The van der Waals surface area contributed by atoms with Crippen LogP contribution in [0.15, 0.2) is 0 Å². The second-order valence-electron chi connectivity index (χ2n) is 12.1. The van der Waals surface area contributed by atoms with E-state index in [2.05, 4.69) is 55.4 Å². The molecule has 6 aliphatic carbocycles. The van der Waals surface area contributed by atoms with E-state index in [1.165, 1.54) is 57.8 Å². The van der Waals surface area contributed by atoms with Gasteiger partial charge < -0.3 is 0 Å². The van der Waals surface area contributed by atoms with Crippen molar-refractivity contribution in [1.82, 2.24) is 0 Å². The summed E-state index contributed by atoms with van der Waals surface area (Å²) in [7, 11) is 0. The Morgan fingerprint density at radius 2 is 0.533 bits per heavy atom. The Labute approximate surface area is 193 Å². The van der Waals surface area contributed by atoms with Gasteiger partial charge in [0.05, 0.1) is 0 Å². The van der Waals surface area contributed by atoms with Crippen LogP contribution in [0.2, 0.25) is 0 Å². The second kappa shape index (κ2) is 11.2. The summed E-state index contributed by atoms with van der Waals surface area (Å²) < 4.78 is 0. The van der Waals surface area contributed by atoms with E-state index in [1.54, 1.807) is 0 Å². The van der Waals surface area contributed by atoms with E-state index >= 15 is 0 Å². The molecular formula is C30H62. The highest BCUT2D eigenvalue weighted by Gasteiger charge is 2.69. The fraction of sp³-hybridized carbons (Fsp3) is 1.00. The molecule has 0 aromatic rings. The van der Waals surface area contributed by atoms with Crippen molar-refractivity contribution in [1.29, 1.82) is 0 Å². The summed E-state index contributed by atoms with van der Waals surface area (Å²) in [5, 5.41) is 0. The Morgan fingerprint density at radius 1 is 0.367 bits per heavy atom. The maximum atomic E-state index is 2.44. The fourth-order valence-electron chi connectivity index (χ4n) is 7.15. The Balaban J connectivity index is 0.000000476. The van der Waals surface area contributed by atoms with Crippen molar-refractivity contribution in [3.63, 3.8) is 0 Å². The van der Waals surface area contributed by atoms with Crippen molar-refractivity contribution in [3.8, 4) is 0 Å². The average molecular weight is 423 g/mol. The van der Waals surface area contributed by atoms with Gasteiger partial charge >= 0.3 is 0 Å². The molecule has 0 nitrogen and oxygen atoms in total. The molecule has 6 saturated carbocycles. The van der Waals surface area contributed by atoms with Gasteiger partial charge in [-0.25, -0.2) is 0 Å². The van der Waals surface area contributed by atoms with E-state index in [9.17, 15) is 0 Å².